The highest BCUT2D eigenvalue weighted by atomic mass is 16.4. The molecule has 1 aliphatic rings. The van der Waals surface area contributed by atoms with E-state index in [1.54, 1.807) is 0 Å². The highest BCUT2D eigenvalue weighted by Gasteiger charge is 2.36. The Hall–Kier alpha value is -2.81. The van der Waals surface area contributed by atoms with Crippen molar-refractivity contribution < 1.29 is 9.90 Å². The van der Waals surface area contributed by atoms with Gasteiger partial charge in [0.25, 0.3) is 0 Å². The summed E-state index contributed by atoms with van der Waals surface area (Å²) in [5, 5.41) is 9.72. The topological polar surface area (TPSA) is 42.2 Å². The standard InChI is InChI=1S/C27H31NO2/c1-26(2,3)20-13-11-19(12-14-20)24-21(15-23(29)30)28-17-27(4,5)16-22(28)25(24)18-9-7-6-8-10-18/h6-14H,15-17H2,1-5H3,(H,29,30). The zero-order valence-corrected chi connectivity index (χ0v) is 18.6. The quantitative estimate of drug-likeness (QED) is 0.555. The smallest absolute Gasteiger partial charge is 0.309 e. The van der Waals surface area contributed by atoms with Gasteiger partial charge in [-0.3, -0.25) is 4.79 Å². The van der Waals surface area contributed by atoms with Gasteiger partial charge in [0, 0.05) is 29.1 Å². The van der Waals surface area contributed by atoms with Gasteiger partial charge in [0.05, 0.1) is 6.42 Å². The Kier molecular flexibility index (Phi) is 4.88. The van der Waals surface area contributed by atoms with Crippen molar-refractivity contribution in [3.8, 4) is 22.3 Å². The van der Waals surface area contributed by atoms with E-state index in [1.165, 1.54) is 16.8 Å². The van der Waals surface area contributed by atoms with Gasteiger partial charge in [-0.25, -0.2) is 0 Å². The molecule has 1 N–H and O–H groups in total. The summed E-state index contributed by atoms with van der Waals surface area (Å²) in [6, 6.07) is 19.1. The van der Waals surface area contributed by atoms with E-state index >= 15 is 0 Å². The Morgan fingerprint density at radius 3 is 2.13 bits per heavy atom. The van der Waals surface area contributed by atoms with E-state index in [0.29, 0.717) is 0 Å². The lowest BCUT2D eigenvalue weighted by Gasteiger charge is -2.21. The Morgan fingerprint density at radius 2 is 1.57 bits per heavy atom. The van der Waals surface area contributed by atoms with Crippen LogP contribution in [0.15, 0.2) is 54.6 Å². The van der Waals surface area contributed by atoms with Gasteiger partial charge in [-0.1, -0.05) is 89.2 Å². The van der Waals surface area contributed by atoms with Crippen molar-refractivity contribution in [2.24, 2.45) is 5.41 Å². The van der Waals surface area contributed by atoms with Crippen LogP contribution >= 0.6 is 0 Å². The molecule has 3 nitrogen and oxygen atoms in total. The van der Waals surface area contributed by atoms with Gasteiger partial charge in [0.2, 0.25) is 0 Å². The third-order valence-electron chi connectivity index (χ3n) is 6.13. The summed E-state index contributed by atoms with van der Waals surface area (Å²) in [4.78, 5) is 11.8. The van der Waals surface area contributed by atoms with Crippen LogP contribution in [0.1, 0.15) is 51.6 Å². The number of carboxylic acid groups (broad SMARTS) is 1. The Balaban J connectivity index is 1.98. The maximum atomic E-state index is 11.8. The van der Waals surface area contributed by atoms with Crippen LogP contribution in [0.5, 0.6) is 0 Å². The Labute approximate surface area is 179 Å². The molecule has 0 amide bonds. The normalized spacial score (nSPS) is 15.2. The number of aliphatic carboxylic acids is 1. The van der Waals surface area contributed by atoms with Gasteiger partial charge in [-0.05, 0) is 33.9 Å². The molecule has 0 aliphatic carbocycles. The number of carbonyl (C=O) groups is 1. The van der Waals surface area contributed by atoms with Crippen molar-refractivity contribution in [3.05, 3.63) is 71.5 Å². The van der Waals surface area contributed by atoms with E-state index < -0.39 is 5.97 Å². The second-order valence-electron chi connectivity index (χ2n) is 10.3. The van der Waals surface area contributed by atoms with Crippen LogP contribution in [0.4, 0.5) is 0 Å². The average molecular weight is 402 g/mol. The molecule has 1 aromatic heterocycles. The van der Waals surface area contributed by atoms with E-state index in [-0.39, 0.29) is 17.3 Å². The molecule has 2 aromatic carbocycles. The third kappa shape index (κ3) is 3.69. The fraction of sp³-hybridized carbons (Fsp3) is 0.370. The first-order valence-corrected chi connectivity index (χ1v) is 10.7. The van der Waals surface area contributed by atoms with Crippen molar-refractivity contribution in [1.29, 1.82) is 0 Å². The van der Waals surface area contributed by atoms with E-state index in [4.69, 9.17) is 0 Å². The summed E-state index contributed by atoms with van der Waals surface area (Å²) in [6.45, 7) is 12.0. The van der Waals surface area contributed by atoms with Gasteiger partial charge in [-0.2, -0.15) is 0 Å². The molecule has 3 aromatic rings. The van der Waals surface area contributed by atoms with E-state index in [2.05, 4.69) is 87.7 Å². The number of hydrogen-bond donors (Lipinski definition) is 1. The van der Waals surface area contributed by atoms with E-state index in [1.807, 2.05) is 6.07 Å². The summed E-state index contributed by atoms with van der Waals surface area (Å²) < 4.78 is 2.28. The van der Waals surface area contributed by atoms with Crippen molar-refractivity contribution in [2.45, 2.75) is 59.4 Å². The molecule has 30 heavy (non-hydrogen) atoms. The molecule has 0 bridgehead atoms. The zero-order chi connectivity index (χ0) is 21.7. The number of rotatable bonds is 4. The molecular formula is C27H31NO2. The molecule has 0 unspecified atom stereocenters. The third-order valence-corrected chi connectivity index (χ3v) is 6.13. The van der Waals surface area contributed by atoms with Crippen LogP contribution in [0.2, 0.25) is 0 Å². The van der Waals surface area contributed by atoms with Gasteiger partial charge < -0.3 is 9.67 Å². The summed E-state index contributed by atoms with van der Waals surface area (Å²) in [6.07, 6.45) is 0.982. The molecule has 0 spiro atoms. The van der Waals surface area contributed by atoms with Gasteiger partial charge in [0.1, 0.15) is 0 Å². The first kappa shape index (κ1) is 20.5. The minimum atomic E-state index is -0.785. The fourth-order valence-corrected chi connectivity index (χ4v) is 4.72. The minimum Gasteiger partial charge on any atom is -0.481 e. The molecule has 0 saturated heterocycles. The minimum absolute atomic E-state index is 0.0340. The fourth-order valence-electron chi connectivity index (χ4n) is 4.72. The molecule has 0 atom stereocenters. The molecule has 2 heterocycles. The predicted octanol–water partition coefficient (Wildman–Crippen LogP) is 6.33. The molecule has 0 radical (unpaired) electrons. The molecule has 1 aliphatic heterocycles. The van der Waals surface area contributed by atoms with Crippen LogP contribution in [0.3, 0.4) is 0 Å². The molecule has 0 fully saturated rings. The van der Waals surface area contributed by atoms with Crippen molar-refractivity contribution >= 4 is 5.97 Å². The van der Waals surface area contributed by atoms with E-state index in [9.17, 15) is 9.90 Å². The highest BCUT2D eigenvalue weighted by Crippen LogP contribution is 2.47. The first-order valence-electron chi connectivity index (χ1n) is 10.7. The number of benzene rings is 2. The molecule has 4 rings (SSSR count). The number of aromatic nitrogens is 1. The highest BCUT2D eigenvalue weighted by molar-refractivity contribution is 5.90. The van der Waals surface area contributed by atoms with Crippen LogP contribution in [-0.4, -0.2) is 15.6 Å². The van der Waals surface area contributed by atoms with Crippen LogP contribution in [0.25, 0.3) is 22.3 Å². The first-order chi connectivity index (χ1) is 14.1. The molecule has 3 heteroatoms. The molecular weight excluding hydrogens is 370 g/mol. The number of nitrogens with zero attached hydrogens (tertiary/aromatic N) is 1. The zero-order valence-electron chi connectivity index (χ0n) is 18.6. The summed E-state index contributed by atoms with van der Waals surface area (Å²) in [7, 11) is 0. The molecule has 0 saturated carbocycles. The van der Waals surface area contributed by atoms with Gasteiger partial charge in [-0.15, -0.1) is 0 Å². The second-order valence-corrected chi connectivity index (χ2v) is 10.3. The Bertz CT molecular complexity index is 1080. The van der Waals surface area contributed by atoms with Crippen molar-refractivity contribution in [1.82, 2.24) is 4.57 Å². The molecule has 156 valence electrons. The maximum Gasteiger partial charge on any atom is 0.309 e. The second kappa shape index (κ2) is 7.16. The number of hydrogen-bond acceptors (Lipinski definition) is 1. The summed E-state index contributed by atoms with van der Waals surface area (Å²) in [5.41, 5.74) is 8.19. The lowest BCUT2D eigenvalue weighted by molar-refractivity contribution is -0.136. The average Bonchev–Trinajstić information content (AvgIpc) is 3.12. The lowest BCUT2D eigenvalue weighted by Crippen LogP contribution is -2.15. The SMILES string of the molecule is CC1(C)Cc2c(-c3ccccc3)c(-c3ccc(C(C)(C)C)cc3)c(CC(=O)O)n2C1. The lowest BCUT2D eigenvalue weighted by atomic mass is 9.84. The van der Waals surface area contributed by atoms with E-state index in [0.717, 1.165) is 35.3 Å². The number of carboxylic acids is 1. The number of fused-ring (bicyclic) bond motifs is 1. The van der Waals surface area contributed by atoms with Crippen LogP contribution in [0, 0.1) is 5.41 Å². The predicted molar refractivity (Wildman–Crippen MR) is 123 cm³/mol. The largest absolute Gasteiger partial charge is 0.481 e. The summed E-state index contributed by atoms with van der Waals surface area (Å²) >= 11 is 0. The van der Waals surface area contributed by atoms with Crippen LogP contribution in [-0.2, 0) is 29.6 Å². The van der Waals surface area contributed by atoms with Crippen molar-refractivity contribution in [3.63, 3.8) is 0 Å². The van der Waals surface area contributed by atoms with Gasteiger partial charge >= 0.3 is 5.97 Å². The maximum absolute atomic E-state index is 11.8. The Morgan fingerprint density at radius 1 is 0.967 bits per heavy atom. The summed E-state index contributed by atoms with van der Waals surface area (Å²) in [5.74, 6) is -0.785. The monoisotopic (exact) mass is 401 g/mol. The van der Waals surface area contributed by atoms with Gasteiger partial charge in [0.15, 0.2) is 0 Å². The van der Waals surface area contributed by atoms with Crippen LogP contribution < -0.4 is 0 Å². The van der Waals surface area contributed by atoms with Crippen molar-refractivity contribution in [2.75, 3.05) is 0 Å².